The molecule has 28 heavy (non-hydrogen) atoms. The van der Waals surface area contributed by atoms with Gasteiger partial charge in [-0.25, -0.2) is 9.55 Å². The molecule has 0 unspecified atom stereocenters. The number of imidazole rings is 1. The molecule has 0 radical (unpaired) electrons. The molecule has 0 saturated heterocycles. The van der Waals surface area contributed by atoms with Crippen LogP contribution >= 0.6 is 0 Å². The molecule has 0 bridgehead atoms. The molecule has 0 fully saturated rings. The molecule has 1 aromatic heterocycles. The normalized spacial score (nSPS) is 10.8. The number of hydrogen-bond acceptors (Lipinski definition) is 1. The molecule has 4 heteroatoms. The molecule has 0 aliphatic heterocycles. The van der Waals surface area contributed by atoms with Crippen molar-refractivity contribution >= 4 is 0 Å². The summed E-state index contributed by atoms with van der Waals surface area (Å²) in [4.78, 5) is 3.57. The third-order valence-corrected chi connectivity index (χ3v) is 5.32. The average Bonchev–Trinajstić information content (AvgIpc) is 3.10. The molecular weight excluding hydrogens is 368 g/mol. The van der Waals surface area contributed by atoms with E-state index in [1.807, 2.05) is 6.07 Å². The Morgan fingerprint density at radius 1 is 0.821 bits per heavy atom. The second-order valence-corrected chi connectivity index (χ2v) is 7.70. The molecule has 0 aliphatic rings. The van der Waals surface area contributed by atoms with Gasteiger partial charge in [-0.05, 0) is 18.6 Å². The van der Waals surface area contributed by atoms with E-state index < -0.39 is 0 Å². The first-order valence-electron chi connectivity index (χ1n) is 11.1. The van der Waals surface area contributed by atoms with Gasteiger partial charge in [-0.3, -0.25) is 0 Å². The Kier molecular flexibility index (Phi) is 13.8. The van der Waals surface area contributed by atoms with Crippen LogP contribution in [0.15, 0.2) is 36.5 Å². The van der Waals surface area contributed by atoms with Gasteiger partial charge in [0.05, 0.1) is 12.2 Å². The van der Waals surface area contributed by atoms with Gasteiger partial charge in [0.25, 0.3) is 5.82 Å². The second-order valence-electron chi connectivity index (χ2n) is 7.70. The van der Waals surface area contributed by atoms with E-state index in [9.17, 15) is 5.11 Å². The van der Waals surface area contributed by atoms with Gasteiger partial charge in [-0.2, -0.15) is 0 Å². The molecule has 3 nitrogen and oxygen atoms in total. The lowest BCUT2D eigenvalue weighted by atomic mass is 10.0. The molecule has 2 rings (SSSR count). The maximum Gasteiger partial charge on any atom is 0.286 e. The maximum absolute atomic E-state index is 9.34. The molecule has 158 valence electrons. The molecule has 1 aromatic carbocycles. The summed E-state index contributed by atoms with van der Waals surface area (Å²) >= 11 is 0. The largest absolute Gasteiger partial charge is 1.00 e. The summed E-state index contributed by atoms with van der Waals surface area (Å²) in [7, 11) is 0. The van der Waals surface area contributed by atoms with E-state index in [-0.39, 0.29) is 19.0 Å². The summed E-state index contributed by atoms with van der Waals surface area (Å²) in [6.07, 6.45) is 18.4. The van der Waals surface area contributed by atoms with E-state index in [1.54, 1.807) is 0 Å². The number of aryl methyl sites for hydroxylation is 1. The van der Waals surface area contributed by atoms with Crippen LogP contribution in [-0.4, -0.2) is 16.7 Å². The van der Waals surface area contributed by atoms with Crippen LogP contribution in [0.25, 0.3) is 11.4 Å². The van der Waals surface area contributed by atoms with Crippen LogP contribution in [0.4, 0.5) is 0 Å². The topological polar surface area (TPSA) is 39.9 Å². The molecule has 2 N–H and O–H groups in total. The van der Waals surface area contributed by atoms with Crippen molar-refractivity contribution in [2.75, 3.05) is 6.61 Å². The zero-order chi connectivity index (χ0) is 19.2. The van der Waals surface area contributed by atoms with Gasteiger partial charge < -0.3 is 17.5 Å². The monoisotopic (exact) mass is 406 g/mol. The van der Waals surface area contributed by atoms with Crippen molar-refractivity contribution in [1.82, 2.24) is 4.98 Å². The SMILES string of the molecule is CCCCCCCCCCCCCc1c[n+](CCO)c(-c2ccccc2)[nH]1.[Cl-]. The first kappa shape index (κ1) is 24.7. The highest BCUT2D eigenvalue weighted by Gasteiger charge is 2.16. The highest BCUT2D eigenvalue weighted by atomic mass is 35.5. The van der Waals surface area contributed by atoms with Crippen LogP contribution in [-0.2, 0) is 13.0 Å². The number of H-pyrrole nitrogens is 1. The average molecular weight is 407 g/mol. The number of nitrogens with zero attached hydrogens (tertiary/aromatic N) is 1. The van der Waals surface area contributed by atoms with Crippen molar-refractivity contribution in [3.8, 4) is 11.4 Å². The lowest BCUT2D eigenvalue weighted by Crippen LogP contribution is -3.00. The number of benzene rings is 1. The van der Waals surface area contributed by atoms with E-state index in [0.717, 1.165) is 12.2 Å². The Hall–Kier alpha value is -1.32. The second kappa shape index (κ2) is 15.6. The minimum absolute atomic E-state index is 0. The lowest BCUT2D eigenvalue weighted by molar-refractivity contribution is -0.686. The quantitative estimate of drug-likeness (QED) is 0.346. The van der Waals surface area contributed by atoms with Gasteiger partial charge in [0.15, 0.2) is 0 Å². The number of nitrogens with one attached hydrogen (secondary N) is 1. The number of unbranched alkanes of at least 4 members (excludes halogenated alkanes) is 10. The Morgan fingerprint density at radius 2 is 1.39 bits per heavy atom. The third kappa shape index (κ3) is 9.25. The molecule has 0 amide bonds. The third-order valence-electron chi connectivity index (χ3n) is 5.32. The Labute approximate surface area is 178 Å². The number of hydrogen-bond donors (Lipinski definition) is 2. The van der Waals surface area contributed by atoms with Crippen molar-refractivity contribution in [2.24, 2.45) is 0 Å². The molecule has 0 spiro atoms. The van der Waals surface area contributed by atoms with Gasteiger partial charge in [0.2, 0.25) is 0 Å². The van der Waals surface area contributed by atoms with Crippen LogP contribution in [0.3, 0.4) is 0 Å². The number of aromatic nitrogens is 2. The van der Waals surface area contributed by atoms with Crippen LogP contribution < -0.4 is 17.0 Å². The summed E-state index contributed by atoms with van der Waals surface area (Å²) in [6, 6.07) is 10.4. The molecule has 0 aliphatic carbocycles. The first-order valence-corrected chi connectivity index (χ1v) is 11.1. The Morgan fingerprint density at radius 3 is 1.96 bits per heavy atom. The van der Waals surface area contributed by atoms with Crippen molar-refractivity contribution in [3.63, 3.8) is 0 Å². The summed E-state index contributed by atoms with van der Waals surface area (Å²) in [5.74, 6) is 1.10. The van der Waals surface area contributed by atoms with E-state index in [2.05, 4.69) is 46.9 Å². The minimum atomic E-state index is 0. The molecule has 0 saturated carbocycles. The van der Waals surface area contributed by atoms with E-state index >= 15 is 0 Å². The Balaban J connectivity index is 0.00000392. The Bertz CT molecular complexity index is 612. The van der Waals surface area contributed by atoms with Gasteiger partial charge in [0.1, 0.15) is 18.4 Å². The highest BCUT2D eigenvalue weighted by Crippen LogP contribution is 2.16. The van der Waals surface area contributed by atoms with Crippen molar-refractivity contribution in [3.05, 3.63) is 42.2 Å². The summed E-state index contributed by atoms with van der Waals surface area (Å²) in [6.45, 7) is 3.08. The molecule has 1 heterocycles. The van der Waals surface area contributed by atoms with Gasteiger partial charge in [0, 0.05) is 6.42 Å². The summed E-state index contributed by atoms with van der Waals surface area (Å²) < 4.78 is 2.14. The first-order chi connectivity index (χ1) is 13.3. The number of aromatic amines is 1. The minimum Gasteiger partial charge on any atom is -1.00 e. The fourth-order valence-electron chi connectivity index (χ4n) is 3.73. The summed E-state index contributed by atoms with van der Waals surface area (Å²) in [5, 5.41) is 9.34. The van der Waals surface area contributed by atoms with Crippen molar-refractivity contribution < 1.29 is 22.1 Å². The van der Waals surface area contributed by atoms with Crippen molar-refractivity contribution in [1.29, 1.82) is 0 Å². The van der Waals surface area contributed by atoms with E-state index in [4.69, 9.17) is 0 Å². The number of aliphatic hydroxyl groups excluding tert-OH is 1. The zero-order valence-electron chi connectivity index (χ0n) is 17.6. The number of rotatable bonds is 15. The fourth-order valence-corrected chi connectivity index (χ4v) is 3.73. The van der Waals surface area contributed by atoms with Crippen molar-refractivity contribution in [2.45, 2.75) is 90.5 Å². The molecular formula is C24H39ClN2O. The zero-order valence-corrected chi connectivity index (χ0v) is 18.4. The highest BCUT2D eigenvalue weighted by molar-refractivity contribution is 5.51. The molecule has 2 aromatic rings. The maximum atomic E-state index is 9.34. The van der Waals surface area contributed by atoms with E-state index in [0.29, 0.717) is 6.54 Å². The van der Waals surface area contributed by atoms with Crippen LogP contribution in [0.2, 0.25) is 0 Å². The van der Waals surface area contributed by atoms with Gasteiger partial charge in [-0.1, -0.05) is 89.3 Å². The lowest BCUT2D eigenvalue weighted by Gasteiger charge is -2.01. The fraction of sp³-hybridized carbons (Fsp3) is 0.625. The predicted octanol–water partition coefficient (Wildman–Crippen LogP) is 2.82. The number of aliphatic hydroxyl groups is 1. The smallest absolute Gasteiger partial charge is 0.286 e. The summed E-state index contributed by atoms with van der Waals surface area (Å²) in [5.41, 5.74) is 2.45. The molecule has 0 atom stereocenters. The van der Waals surface area contributed by atoms with Gasteiger partial charge in [-0.15, -0.1) is 0 Å². The standard InChI is InChI=1S/C24H38N2O.ClH/c1-2-3-4-5-6-7-8-9-10-11-15-18-23-21-26(19-20-27)24(25-23)22-16-13-12-14-17-22;/h12-14,16-17,21,27H,2-11,15,18-20H2,1H3;1H. The van der Waals surface area contributed by atoms with Crippen LogP contribution in [0.1, 0.15) is 83.2 Å². The van der Waals surface area contributed by atoms with E-state index in [1.165, 1.54) is 81.9 Å². The van der Waals surface area contributed by atoms with Crippen LogP contribution in [0, 0.1) is 0 Å². The number of halogens is 1. The van der Waals surface area contributed by atoms with Gasteiger partial charge >= 0.3 is 0 Å². The van der Waals surface area contributed by atoms with Crippen LogP contribution in [0.5, 0.6) is 0 Å². The predicted molar refractivity (Wildman–Crippen MR) is 114 cm³/mol.